The molecule has 1 heterocycles. The molecule has 1 aliphatic carbocycles. The van der Waals surface area contributed by atoms with Gasteiger partial charge in [-0.25, -0.2) is 0 Å². The van der Waals surface area contributed by atoms with Crippen molar-refractivity contribution in [2.45, 2.75) is 44.6 Å². The van der Waals surface area contributed by atoms with Crippen LogP contribution >= 0.6 is 0 Å². The minimum absolute atomic E-state index is 0.309. The topological polar surface area (TPSA) is 72.4 Å². The molecule has 1 atom stereocenters. The van der Waals surface area contributed by atoms with Crippen LogP contribution in [0.25, 0.3) is 0 Å². The normalized spacial score (nSPS) is 22.1. The molecule has 2 N–H and O–H groups in total. The van der Waals surface area contributed by atoms with Gasteiger partial charge in [-0.15, -0.1) is 0 Å². The highest BCUT2D eigenvalue weighted by molar-refractivity contribution is 5.92. The van der Waals surface area contributed by atoms with Gasteiger partial charge in [-0.1, -0.05) is 35.5 Å². The standard InChI is InChI=1S/C20H27N3O2/c1-13-17(18(20(21)24)22-25-13)14-9-11-16(12-10-14)19(23(2)3)15-7-5-4-6-8-15/h4-8,14,16,19H,9-12H2,1-3H3,(H2,21,24). The summed E-state index contributed by atoms with van der Waals surface area (Å²) in [6.07, 6.45) is 4.30. The van der Waals surface area contributed by atoms with E-state index in [1.165, 1.54) is 5.56 Å². The molecule has 1 unspecified atom stereocenters. The van der Waals surface area contributed by atoms with Crippen LogP contribution in [0.2, 0.25) is 0 Å². The third-order valence-corrected chi connectivity index (χ3v) is 5.47. The van der Waals surface area contributed by atoms with Crippen molar-refractivity contribution < 1.29 is 9.32 Å². The molecule has 2 aromatic rings. The molecule has 0 bridgehead atoms. The number of carbonyl (C=O) groups excluding carboxylic acids is 1. The first-order valence-corrected chi connectivity index (χ1v) is 8.96. The number of aromatic nitrogens is 1. The molecule has 5 nitrogen and oxygen atoms in total. The summed E-state index contributed by atoms with van der Waals surface area (Å²) in [5.41, 5.74) is 8.06. The van der Waals surface area contributed by atoms with Crippen molar-refractivity contribution in [2.75, 3.05) is 14.1 Å². The SMILES string of the molecule is Cc1onc(C(N)=O)c1C1CCC(C(c2ccccc2)N(C)C)CC1. The molecular weight excluding hydrogens is 314 g/mol. The van der Waals surface area contributed by atoms with Crippen molar-refractivity contribution in [1.29, 1.82) is 0 Å². The van der Waals surface area contributed by atoms with Crippen LogP contribution in [-0.4, -0.2) is 30.1 Å². The Morgan fingerprint density at radius 3 is 2.40 bits per heavy atom. The number of hydrogen-bond donors (Lipinski definition) is 1. The second-order valence-corrected chi connectivity index (χ2v) is 7.30. The molecule has 1 aromatic heterocycles. The Balaban J connectivity index is 1.75. The highest BCUT2D eigenvalue weighted by atomic mass is 16.5. The van der Waals surface area contributed by atoms with E-state index in [1.807, 2.05) is 6.92 Å². The molecule has 3 rings (SSSR count). The first kappa shape index (κ1) is 17.7. The van der Waals surface area contributed by atoms with Crippen molar-refractivity contribution in [3.05, 3.63) is 52.9 Å². The fourth-order valence-corrected chi connectivity index (χ4v) is 4.40. The number of nitrogens with two attached hydrogens (primary N) is 1. The second kappa shape index (κ2) is 7.40. The number of primary amides is 1. The van der Waals surface area contributed by atoms with Crippen molar-refractivity contribution in [3.63, 3.8) is 0 Å². The lowest BCUT2D eigenvalue weighted by Gasteiger charge is -2.37. The summed E-state index contributed by atoms with van der Waals surface area (Å²) in [7, 11) is 4.30. The van der Waals surface area contributed by atoms with E-state index in [0.717, 1.165) is 37.0 Å². The van der Waals surface area contributed by atoms with Crippen molar-refractivity contribution in [2.24, 2.45) is 11.7 Å². The lowest BCUT2D eigenvalue weighted by molar-refractivity contribution is 0.0989. The predicted molar refractivity (Wildman–Crippen MR) is 97.3 cm³/mol. The summed E-state index contributed by atoms with van der Waals surface area (Å²) < 4.78 is 5.23. The Morgan fingerprint density at radius 2 is 1.84 bits per heavy atom. The zero-order valence-corrected chi connectivity index (χ0v) is 15.2. The van der Waals surface area contributed by atoms with Crippen molar-refractivity contribution in [3.8, 4) is 0 Å². The van der Waals surface area contributed by atoms with Crippen LogP contribution in [0.1, 0.15) is 65.0 Å². The van der Waals surface area contributed by atoms with E-state index in [0.29, 0.717) is 23.6 Å². The molecule has 1 aliphatic rings. The van der Waals surface area contributed by atoms with Crippen LogP contribution in [0.15, 0.2) is 34.9 Å². The summed E-state index contributed by atoms with van der Waals surface area (Å²) in [6, 6.07) is 11.1. The number of carbonyl (C=O) groups is 1. The molecule has 0 spiro atoms. The van der Waals surface area contributed by atoms with Crippen LogP contribution in [0.4, 0.5) is 0 Å². The van der Waals surface area contributed by atoms with Gasteiger partial charge in [0.25, 0.3) is 5.91 Å². The summed E-state index contributed by atoms with van der Waals surface area (Å²) in [5, 5.41) is 3.86. The van der Waals surface area contributed by atoms with Gasteiger partial charge < -0.3 is 15.2 Å². The van der Waals surface area contributed by atoms with E-state index in [1.54, 1.807) is 0 Å². The molecule has 1 fully saturated rings. The lowest BCUT2D eigenvalue weighted by atomic mass is 9.74. The van der Waals surface area contributed by atoms with E-state index < -0.39 is 5.91 Å². The molecule has 0 saturated heterocycles. The predicted octanol–water partition coefficient (Wildman–Crippen LogP) is 3.66. The molecular formula is C20H27N3O2. The van der Waals surface area contributed by atoms with Crippen LogP contribution in [0, 0.1) is 12.8 Å². The van der Waals surface area contributed by atoms with Crippen molar-refractivity contribution in [1.82, 2.24) is 10.1 Å². The van der Waals surface area contributed by atoms with E-state index in [9.17, 15) is 4.79 Å². The van der Waals surface area contributed by atoms with Gasteiger partial charge in [0.1, 0.15) is 5.76 Å². The Hall–Kier alpha value is -2.14. The number of amides is 1. The van der Waals surface area contributed by atoms with Gasteiger partial charge in [-0.05, 0) is 64.1 Å². The number of nitrogens with zero attached hydrogens (tertiary/aromatic N) is 2. The highest BCUT2D eigenvalue weighted by Gasteiger charge is 2.33. The zero-order valence-electron chi connectivity index (χ0n) is 15.2. The fourth-order valence-electron chi connectivity index (χ4n) is 4.40. The summed E-state index contributed by atoms with van der Waals surface area (Å²) in [5.74, 6) is 1.14. The van der Waals surface area contributed by atoms with Gasteiger partial charge in [0, 0.05) is 11.6 Å². The van der Waals surface area contributed by atoms with E-state index in [-0.39, 0.29) is 0 Å². The van der Waals surface area contributed by atoms with Gasteiger partial charge in [0.2, 0.25) is 0 Å². The molecule has 1 amide bonds. The molecule has 134 valence electrons. The smallest absolute Gasteiger partial charge is 0.271 e. The summed E-state index contributed by atoms with van der Waals surface area (Å²) >= 11 is 0. The van der Waals surface area contributed by atoms with Gasteiger partial charge in [0.05, 0.1) is 0 Å². The molecule has 0 aliphatic heterocycles. The third kappa shape index (κ3) is 3.61. The van der Waals surface area contributed by atoms with E-state index in [2.05, 4.69) is 54.5 Å². The summed E-state index contributed by atoms with van der Waals surface area (Å²) in [4.78, 5) is 13.9. The van der Waals surface area contributed by atoms with Crippen LogP contribution < -0.4 is 5.73 Å². The van der Waals surface area contributed by atoms with E-state index in [4.69, 9.17) is 10.3 Å². The third-order valence-electron chi connectivity index (χ3n) is 5.47. The van der Waals surface area contributed by atoms with E-state index >= 15 is 0 Å². The number of aryl methyl sites for hydroxylation is 1. The number of hydrogen-bond acceptors (Lipinski definition) is 4. The van der Waals surface area contributed by atoms with Gasteiger partial charge >= 0.3 is 0 Å². The monoisotopic (exact) mass is 341 g/mol. The molecule has 5 heteroatoms. The Morgan fingerprint density at radius 1 is 1.20 bits per heavy atom. The fraction of sp³-hybridized carbons (Fsp3) is 0.500. The average Bonchev–Trinajstić information content (AvgIpc) is 2.98. The molecule has 1 aromatic carbocycles. The number of rotatable bonds is 5. The lowest BCUT2D eigenvalue weighted by Crippen LogP contribution is -2.30. The molecule has 25 heavy (non-hydrogen) atoms. The Labute approximate surface area is 149 Å². The van der Waals surface area contributed by atoms with Crippen LogP contribution in [0.5, 0.6) is 0 Å². The average molecular weight is 341 g/mol. The maximum atomic E-state index is 11.6. The zero-order chi connectivity index (χ0) is 18.0. The minimum atomic E-state index is -0.496. The maximum absolute atomic E-state index is 11.6. The van der Waals surface area contributed by atoms with Gasteiger partial charge in [-0.3, -0.25) is 4.79 Å². The van der Waals surface area contributed by atoms with Crippen molar-refractivity contribution >= 4 is 5.91 Å². The first-order valence-electron chi connectivity index (χ1n) is 8.96. The summed E-state index contributed by atoms with van der Waals surface area (Å²) in [6.45, 7) is 1.87. The highest BCUT2D eigenvalue weighted by Crippen LogP contribution is 2.43. The van der Waals surface area contributed by atoms with Gasteiger partial charge in [0.15, 0.2) is 5.69 Å². The largest absolute Gasteiger partial charge is 0.364 e. The van der Waals surface area contributed by atoms with Gasteiger partial charge in [-0.2, -0.15) is 0 Å². The quantitative estimate of drug-likeness (QED) is 0.901. The minimum Gasteiger partial charge on any atom is -0.364 e. The Bertz CT molecular complexity index is 716. The maximum Gasteiger partial charge on any atom is 0.271 e. The molecule has 1 saturated carbocycles. The second-order valence-electron chi connectivity index (χ2n) is 7.30. The van der Waals surface area contributed by atoms with Crippen LogP contribution in [-0.2, 0) is 0 Å². The first-order chi connectivity index (χ1) is 12.0. The van der Waals surface area contributed by atoms with Crippen LogP contribution in [0.3, 0.4) is 0 Å². The Kier molecular flexibility index (Phi) is 5.23. The molecule has 0 radical (unpaired) electrons. The number of benzene rings is 1.